The monoisotopic (exact) mass is 241 g/mol. The third-order valence-corrected chi connectivity index (χ3v) is 3.45. The summed E-state index contributed by atoms with van der Waals surface area (Å²) in [5, 5.41) is 0.534. The molecule has 2 nitrogen and oxygen atoms in total. The number of hydrogen-bond donors (Lipinski definition) is 0. The molecule has 1 heterocycles. The Bertz CT molecular complexity index is 242. The minimum Gasteiger partial charge on any atom is -0.334 e. The maximum atomic E-state index is 12.1. The molecule has 1 aliphatic heterocycles. The van der Waals surface area contributed by atoms with Crippen molar-refractivity contribution in [1.29, 1.82) is 0 Å². The predicted octanol–water partition coefficient (Wildman–Crippen LogP) is 2.29. The van der Waals surface area contributed by atoms with Gasteiger partial charge in [-0.1, -0.05) is 13.8 Å². The molecule has 6 heteroatoms. The van der Waals surface area contributed by atoms with Gasteiger partial charge in [0.2, 0.25) is 0 Å². The lowest BCUT2D eigenvalue weighted by Gasteiger charge is -2.18. The zero-order valence-electron chi connectivity index (χ0n) is 8.67. The van der Waals surface area contributed by atoms with Crippen molar-refractivity contribution in [3.8, 4) is 0 Å². The molecule has 0 aromatic heterocycles. The van der Waals surface area contributed by atoms with Gasteiger partial charge in [0.15, 0.2) is 0 Å². The SMILES string of the molecule is CC(C)SC1CCN(C(=O)C(F)(F)F)C1. The van der Waals surface area contributed by atoms with Gasteiger partial charge in [0.1, 0.15) is 0 Å². The number of rotatable bonds is 2. The van der Waals surface area contributed by atoms with Crippen LogP contribution in [-0.2, 0) is 4.79 Å². The Balaban J connectivity index is 2.46. The molecule has 0 N–H and O–H groups in total. The number of nitrogens with zero attached hydrogens (tertiary/aromatic N) is 1. The predicted molar refractivity (Wildman–Crippen MR) is 53.8 cm³/mol. The molecule has 1 unspecified atom stereocenters. The Hall–Kier alpha value is -0.390. The molecule has 1 fully saturated rings. The summed E-state index contributed by atoms with van der Waals surface area (Å²) in [5.74, 6) is -1.70. The first-order valence-electron chi connectivity index (χ1n) is 4.82. The Labute approximate surface area is 91.2 Å². The van der Waals surface area contributed by atoms with Crippen LogP contribution in [0.1, 0.15) is 20.3 Å². The van der Waals surface area contributed by atoms with Crippen molar-refractivity contribution in [2.45, 2.75) is 36.9 Å². The van der Waals surface area contributed by atoms with Crippen LogP contribution in [0.15, 0.2) is 0 Å². The number of alkyl halides is 3. The molecule has 0 aromatic rings. The van der Waals surface area contributed by atoms with Gasteiger partial charge in [-0.3, -0.25) is 4.79 Å². The van der Waals surface area contributed by atoms with E-state index in [-0.39, 0.29) is 18.3 Å². The third-order valence-electron chi connectivity index (χ3n) is 2.14. The molecule has 88 valence electrons. The molecule has 0 aliphatic carbocycles. The third kappa shape index (κ3) is 3.59. The highest BCUT2D eigenvalue weighted by Gasteiger charge is 2.44. The van der Waals surface area contributed by atoms with E-state index in [9.17, 15) is 18.0 Å². The maximum absolute atomic E-state index is 12.1. The zero-order chi connectivity index (χ0) is 11.6. The summed E-state index contributed by atoms with van der Waals surface area (Å²) in [6.07, 6.45) is -4.07. The number of carbonyl (C=O) groups is 1. The van der Waals surface area contributed by atoms with Crippen LogP contribution in [-0.4, -0.2) is 40.6 Å². The van der Waals surface area contributed by atoms with E-state index in [1.165, 1.54) is 0 Å². The topological polar surface area (TPSA) is 20.3 Å². The summed E-state index contributed by atoms with van der Waals surface area (Å²) >= 11 is 1.63. The molecule has 1 aliphatic rings. The van der Waals surface area contributed by atoms with Crippen LogP contribution in [0.5, 0.6) is 0 Å². The van der Waals surface area contributed by atoms with E-state index in [1.54, 1.807) is 11.8 Å². The molecule has 0 spiro atoms. The highest BCUT2D eigenvalue weighted by molar-refractivity contribution is 8.00. The van der Waals surface area contributed by atoms with E-state index < -0.39 is 12.1 Å². The van der Waals surface area contributed by atoms with Crippen LogP contribution < -0.4 is 0 Å². The van der Waals surface area contributed by atoms with Crippen molar-refractivity contribution in [3.63, 3.8) is 0 Å². The Kier molecular flexibility index (Phi) is 3.92. The second-order valence-corrected chi connectivity index (χ2v) is 5.73. The largest absolute Gasteiger partial charge is 0.471 e. The van der Waals surface area contributed by atoms with Crippen molar-refractivity contribution in [3.05, 3.63) is 0 Å². The molecule has 1 saturated heterocycles. The first-order valence-corrected chi connectivity index (χ1v) is 5.76. The number of hydrogen-bond acceptors (Lipinski definition) is 2. The van der Waals surface area contributed by atoms with Crippen LogP contribution in [0.4, 0.5) is 13.2 Å². The van der Waals surface area contributed by atoms with Gasteiger partial charge in [-0.05, 0) is 11.7 Å². The van der Waals surface area contributed by atoms with Gasteiger partial charge in [0.05, 0.1) is 0 Å². The van der Waals surface area contributed by atoms with Crippen molar-refractivity contribution < 1.29 is 18.0 Å². The van der Waals surface area contributed by atoms with Gasteiger partial charge in [-0.25, -0.2) is 0 Å². The summed E-state index contributed by atoms with van der Waals surface area (Å²) in [4.78, 5) is 11.8. The molecule has 0 bridgehead atoms. The number of likely N-dealkylation sites (tertiary alicyclic amines) is 1. The summed E-state index contributed by atoms with van der Waals surface area (Å²) in [6, 6.07) is 0. The first-order chi connectivity index (χ1) is 6.80. The normalized spacial score (nSPS) is 22.5. The number of carbonyl (C=O) groups excluding carboxylic acids is 1. The minimum absolute atomic E-state index is 0.149. The number of thioether (sulfide) groups is 1. The lowest BCUT2D eigenvalue weighted by molar-refractivity contribution is -0.184. The van der Waals surface area contributed by atoms with Crippen LogP contribution in [0.3, 0.4) is 0 Å². The van der Waals surface area contributed by atoms with Gasteiger partial charge in [0, 0.05) is 18.3 Å². The molecule has 0 saturated carbocycles. The molecule has 15 heavy (non-hydrogen) atoms. The Morgan fingerprint density at radius 2 is 2.07 bits per heavy atom. The average Bonchev–Trinajstić information content (AvgIpc) is 2.48. The van der Waals surface area contributed by atoms with Crippen molar-refractivity contribution >= 4 is 17.7 Å². The van der Waals surface area contributed by atoms with Gasteiger partial charge in [-0.15, -0.1) is 0 Å². The van der Waals surface area contributed by atoms with Crippen LogP contribution in [0.2, 0.25) is 0 Å². The smallest absolute Gasteiger partial charge is 0.334 e. The molecule has 0 radical (unpaired) electrons. The van der Waals surface area contributed by atoms with Gasteiger partial charge in [0.25, 0.3) is 0 Å². The molecule has 1 atom stereocenters. The molecule has 1 rings (SSSR count). The highest BCUT2D eigenvalue weighted by atomic mass is 32.2. The molecule has 0 aromatic carbocycles. The fraction of sp³-hybridized carbons (Fsp3) is 0.889. The van der Waals surface area contributed by atoms with Crippen molar-refractivity contribution in [1.82, 2.24) is 4.90 Å². The van der Waals surface area contributed by atoms with E-state index in [2.05, 4.69) is 0 Å². The summed E-state index contributed by atoms with van der Waals surface area (Å²) < 4.78 is 36.3. The van der Waals surface area contributed by atoms with E-state index >= 15 is 0 Å². The minimum atomic E-state index is -4.72. The standard InChI is InChI=1S/C9H14F3NOS/c1-6(2)15-7-3-4-13(5-7)8(14)9(10,11)12/h6-7H,3-5H2,1-2H3. The fourth-order valence-corrected chi connectivity index (χ4v) is 2.87. The summed E-state index contributed by atoms with van der Waals surface area (Å²) in [5.41, 5.74) is 0. The Morgan fingerprint density at radius 3 is 2.53 bits per heavy atom. The van der Waals surface area contributed by atoms with Crippen LogP contribution in [0, 0.1) is 0 Å². The Morgan fingerprint density at radius 1 is 1.47 bits per heavy atom. The lowest BCUT2D eigenvalue weighted by Crippen LogP contribution is -2.39. The van der Waals surface area contributed by atoms with Gasteiger partial charge >= 0.3 is 12.1 Å². The van der Waals surface area contributed by atoms with E-state index in [1.807, 2.05) is 13.8 Å². The second kappa shape index (κ2) is 4.63. The second-order valence-electron chi connectivity index (χ2n) is 3.84. The van der Waals surface area contributed by atoms with Gasteiger partial charge in [-0.2, -0.15) is 24.9 Å². The van der Waals surface area contributed by atoms with E-state index in [4.69, 9.17) is 0 Å². The van der Waals surface area contributed by atoms with Gasteiger partial charge < -0.3 is 4.90 Å². The average molecular weight is 241 g/mol. The zero-order valence-corrected chi connectivity index (χ0v) is 9.49. The molecule has 1 amide bonds. The quantitative estimate of drug-likeness (QED) is 0.739. The lowest BCUT2D eigenvalue weighted by atomic mass is 10.4. The molecular formula is C9H14F3NOS. The highest BCUT2D eigenvalue weighted by Crippen LogP contribution is 2.28. The van der Waals surface area contributed by atoms with Crippen molar-refractivity contribution in [2.75, 3.05) is 13.1 Å². The van der Waals surface area contributed by atoms with Crippen LogP contribution >= 0.6 is 11.8 Å². The number of amides is 1. The summed E-state index contributed by atoms with van der Waals surface area (Å²) in [6.45, 7) is 4.45. The van der Waals surface area contributed by atoms with Crippen LogP contribution in [0.25, 0.3) is 0 Å². The van der Waals surface area contributed by atoms with E-state index in [0.717, 1.165) is 4.90 Å². The first kappa shape index (κ1) is 12.7. The maximum Gasteiger partial charge on any atom is 0.471 e. The fourth-order valence-electron chi connectivity index (χ4n) is 1.59. The summed E-state index contributed by atoms with van der Waals surface area (Å²) in [7, 11) is 0. The van der Waals surface area contributed by atoms with E-state index in [0.29, 0.717) is 11.7 Å². The van der Waals surface area contributed by atoms with Crippen molar-refractivity contribution in [2.24, 2.45) is 0 Å². The molecular weight excluding hydrogens is 227 g/mol. The number of halogens is 3.